The van der Waals surface area contributed by atoms with Crippen molar-refractivity contribution in [3.8, 4) is 0 Å². The smallest absolute Gasteiger partial charge is 0.214 e. The quantitative estimate of drug-likeness (QED) is 0.741. The Hall–Kier alpha value is -1.10. The van der Waals surface area contributed by atoms with Crippen LogP contribution in [-0.4, -0.2) is 27.7 Å². The summed E-state index contributed by atoms with van der Waals surface area (Å²) in [4.78, 5) is 7.80. The van der Waals surface area contributed by atoms with Gasteiger partial charge >= 0.3 is 0 Å². The summed E-state index contributed by atoms with van der Waals surface area (Å²) in [5, 5.41) is 5.68. The zero-order valence-corrected chi connectivity index (χ0v) is 9.63. The van der Waals surface area contributed by atoms with Crippen LogP contribution in [0, 0.1) is 6.92 Å². The lowest BCUT2D eigenvalue weighted by Gasteiger charge is -2.25. The fourth-order valence-corrected chi connectivity index (χ4v) is 2.99. The molecule has 80 valence electrons. The Morgan fingerprint density at radius 2 is 2.07 bits per heavy atom. The summed E-state index contributed by atoms with van der Waals surface area (Å²) in [6.45, 7) is 4.30. The van der Waals surface area contributed by atoms with Crippen LogP contribution in [0.1, 0.15) is 25.0 Å². The second-order valence-corrected chi connectivity index (χ2v) is 4.98. The SMILES string of the molecule is Cc1cn2nc(N3CCCCC3)sc2n1. The van der Waals surface area contributed by atoms with Gasteiger partial charge in [-0.1, -0.05) is 11.3 Å². The molecule has 4 nitrogen and oxygen atoms in total. The number of rotatable bonds is 1. The molecule has 0 bridgehead atoms. The van der Waals surface area contributed by atoms with Crippen LogP contribution in [0.5, 0.6) is 0 Å². The minimum atomic E-state index is 1.01. The van der Waals surface area contributed by atoms with Gasteiger partial charge in [0.15, 0.2) is 0 Å². The molecular weight excluding hydrogens is 208 g/mol. The molecule has 5 heteroatoms. The number of hydrogen-bond acceptors (Lipinski definition) is 4. The topological polar surface area (TPSA) is 33.4 Å². The van der Waals surface area contributed by atoms with Crippen LogP contribution in [0.4, 0.5) is 5.13 Å². The van der Waals surface area contributed by atoms with E-state index >= 15 is 0 Å². The van der Waals surface area contributed by atoms with Crippen molar-refractivity contribution in [2.24, 2.45) is 0 Å². The largest absolute Gasteiger partial charge is 0.347 e. The van der Waals surface area contributed by atoms with Gasteiger partial charge in [-0.25, -0.2) is 9.50 Å². The first-order valence-corrected chi connectivity index (χ1v) is 6.22. The van der Waals surface area contributed by atoms with Crippen LogP contribution in [0.3, 0.4) is 0 Å². The van der Waals surface area contributed by atoms with Crippen molar-refractivity contribution in [2.45, 2.75) is 26.2 Å². The van der Waals surface area contributed by atoms with Crippen molar-refractivity contribution < 1.29 is 0 Å². The Morgan fingerprint density at radius 1 is 1.27 bits per heavy atom. The molecule has 0 N–H and O–H groups in total. The highest BCUT2D eigenvalue weighted by Crippen LogP contribution is 2.25. The standard InChI is InChI=1S/C10H14N4S/c1-8-7-14-9(11-8)15-10(12-14)13-5-3-2-4-6-13/h7H,2-6H2,1H3. The van der Waals surface area contributed by atoms with E-state index in [0.717, 1.165) is 28.9 Å². The zero-order chi connectivity index (χ0) is 10.3. The Labute approximate surface area is 92.5 Å². The number of aromatic nitrogens is 3. The number of aryl methyl sites for hydroxylation is 1. The fraction of sp³-hybridized carbons (Fsp3) is 0.600. The van der Waals surface area contributed by atoms with Gasteiger partial charge in [0.1, 0.15) is 0 Å². The molecule has 0 atom stereocenters. The van der Waals surface area contributed by atoms with Crippen LogP contribution in [0.2, 0.25) is 0 Å². The Balaban J connectivity index is 1.93. The Kier molecular flexibility index (Phi) is 2.12. The minimum Gasteiger partial charge on any atom is -0.347 e. The predicted molar refractivity (Wildman–Crippen MR) is 61.7 cm³/mol. The molecule has 1 saturated heterocycles. The number of fused-ring (bicyclic) bond motifs is 1. The summed E-state index contributed by atoms with van der Waals surface area (Å²) in [6, 6.07) is 0. The lowest BCUT2D eigenvalue weighted by Crippen LogP contribution is -2.29. The molecule has 3 rings (SSSR count). The van der Waals surface area contributed by atoms with Crippen LogP contribution in [0.15, 0.2) is 6.20 Å². The lowest BCUT2D eigenvalue weighted by molar-refractivity contribution is 0.574. The molecule has 0 aromatic carbocycles. The van der Waals surface area contributed by atoms with Crippen molar-refractivity contribution in [3.63, 3.8) is 0 Å². The number of piperidine rings is 1. The van der Waals surface area contributed by atoms with E-state index < -0.39 is 0 Å². The summed E-state index contributed by atoms with van der Waals surface area (Å²) >= 11 is 1.69. The molecule has 0 radical (unpaired) electrons. The second-order valence-electron chi connectivity index (χ2n) is 4.04. The van der Waals surface area contributed by atoms with Crippen molar-refractivity contribution in [1.82, 2.24) is 14.6 Å². The van der Waals surface area contributed by atoms with Crippen molar-refractivity contribution in [3.05, 3.63) is 11.9 Å². The summed E-state index contributed by atoms with van der Waals surface area (Å²) in [5.41, 5.74) is 1.04. The first kappa shape index (κ1) is 9.15. The molecule has 0 amide bonds. The third kappa shape index (κ3) is 1.61. The van der Waals surface area contributed by atoms with Gasteiger partial charge in [0.25, 0.3) is 0 Å². The van der Waals surface area contributed by atoms with E-state index in [0.29, 0.717) is 0 Å². The summed E-state index contributed by atoms with van der Waals surface area (Å²) < 4.78 is 1.89. The molecule has 1 fully saturated rings. The molecule has 1 aliphatic rings. The molecule has 0 aliphatic carbocycles. The number of anilines is 1. The van der Waals surface area contributed by atoms with Crippen LogP contribution < -0.4 is 4.90 Å². The van der Waals surface area contributed by atoms with Gasteiger partial charge < -0.3 is 4.90 Å². The van der Waals surface area contributed by atoms with E-state index in [1.165, 1.54) is 19.3 Å². The molecule has 2 aromatic rings. The fourth-order valence-electron chi connectivity index (χ4n) is 2.01. The predicted octanol–water partition coefficient (Wildman–Crippen LogP) is 2.09. The highest BCUT2D eigenvalue weighted by molar-refractivity contribution is 7.20. The summed E-state index contributed by atoms with van der Waals surface area (Å²) in [7, 11) is 0. The number of nitrogens with zero attached hydrogens (tertiary/aromatic N) is 4. The molecule has 0 spiro atoms. The zero-order valence-electron chi connectivity index (χ0n) is 8.81. The van der Waals surface area contributed by atoms with E-state index in [1.54, 1.807) is 11.3 Å². The van der Waals surface area contributed by atoms with Crippen molar-refractivity contribution in [1.29, 1.82) is 0 Å². The minimum absolute atomic E-state index is 1.01. The van der Waals surface area contributed by atoms with Gasteiger partial charge in [0.2, 0.25) is 10.1 Å². The van der Waals surface area contributed by atoms with Crippen LogP contribution in [0.25, 0.3) is 4.96 Å². The van der Waals surface area contributed by atoms with E-state index in [9.17, 15) is 0 Å². The van der Waals surface area contributed by atoms with Gasteiger partial charge in [-0.15, -0.1) is 5.10 Å². The highest BCUT2D eigenvalue weighted by atomic mass is 32.1. The van der Waals surface area contributed by atoms with Crippen molar-refractivity contribution in [2.75, 3.05) is 18.0 Å². The van der Waals surface area contributed by atoms with Gasteiger partial charge in [-0.05, 0) is 26.2 Å². The number of imidazole rings is 1. The highest BCUT2D eigenvalue weighted by Gasteiger charge is 2.15. The molecule has 0 saturated carbocycles. The lowest BCUT2D eigenvalue weighted by atomic mass is 10.1. The molecule has 3 heterocycles. The number of hydrogen-bond donors (Lipinski definition) is 0. The Bertz CT molecular complexity index is 435. The van der Waals surface area contributed by atoms with E-state index in [1.807, 2.05) is 17.6 Å². The van der Waals surface area contributed by atoms with Crippen molar-refractivity contribution >= 4 is 21.4 Å². The average molecular weight is 222 g/mol. The summed E-state index contributed by atoms with van der Waals surface area (Å²) in [5.74, 6) is 0. The second kappa shape index (κ2) is 3.48. The van der Waals surface area contributed by atoms with Gasteiger partial charge in [-0.3, -0.25) is 0 Å². The monoisotopic (exact) mass is 222 g/mol. The first-order valence-electron chi connectivity index (χ1n) is 5.41. The maximum atomic E-state index is 4.56. The molecule has 1 aliphatic heterocycles. The normalized spacial score (nSPS) is 17.5. The maximum absolute atomic E-state index is 4.56. The Morgan fingerprint density at radius 3 is 2.80 bits per heavy atom. The third-order valence-corrected chi connectivity index (χ3v) is 3.76. The maximum Gasteiger partial charge on any atom is 0.214 e. The van der Waals surface area contributed by atoms with Crippen LogP contribution in [-0.2, 0) is 0 Å². The van der Waals surface area contributed by atoms with Crippen LogP contribution >= 0.6 is 11.3 Å². The van der Waals surface area contributed by atoms with Gasteiger partial charge in [-0.2, -0.15) is 0 Å². The van der Waals surface area contributed by atoms with E-state index in [2.05, 4.69) is 15.0 Å². The molecular formula is C10H14N4S. The first-order chi connectivity index (χ1) is 7.33. The van der Waals surface area contributed by atoms with Gasteiger partial charge in [0.05, 0.1) is 11.9 Å². The average Bonchev–Trinajstić information content (AvgIpc) is 2.76. The third-order valence-electron chi connectivity index (χ3n) is 2.78. The molecule has 15 heavy (non-hydrogen) atoms. The van der Waals surface area contributed by atoms with Gasteiger partial charge in [0, 0.05) is 13.1 Å². The summed E-state index contributed by atoms with van der Waals surface area (Å²) in [6.07, 6.45) is 5.93. The molecule has 0 unspecified atom stereocenters. The van der Waals surface area contributed by atoms with E-state index in [4.69, 9.17) is 0 Å². The van der Waals surface area contributed by atoms with E-state index in [-0.39, 0.29) is 0 Å². The molecule has 2 aromatic heterocycles.